The topological polar surface area (TPSA) is 67.9 Å². The van der Waals surface area contributed by atoms with Crippen LogP contribution in [0.2, 0.25) is 0 Å². The van der Waals surface area contributed by atoms with Gasteiger partial charge in [0.1, 0.15) is 5.70 Å². The number of urea groups is 1. The van der Waals surface area contributed by atoms with Crippen LogP contribution in [0.5, 0.6) is 11.5 Å². The smallest absolute Gasteiger partial charge is 0.329 e. The number of hydrogen-bond donors (Lipinski definition) is 1. The van der Waals surface area contributed by atoms with Crippen molar-refractivity contribution in [1.82, 2.24) is 10.2 Å². The van der Waals surface area contributed by atoms with E-state index in [2.05, 4.69) is 5.32 Å². The van der Waals surface area contributed by atoms with Crippen LogP contribution in [0.15, 0.2) is 23.9 Å². The molecular weight excluding hydrogens is 296 g/mol. The summed E-state index contributed by atoms with van der Waals surface area (Å²) in [7, 11) is 1.56. The molecule has 1 fully saturated rings. The Morgan fingerprint density at radius 1 is 1.26 bits per heavy atom. The highest BCUT2D eigenvalue weighted by molar-refractivity contribution is 6.13. The Hall–Kier alpha value is -2.50. The molecule has 3 amide bonds. The molecule has 2 rings (SSSR count). The summed E-state index contributed by atoms with van der Waals surface area (Å²) in [6.07, 6.45) is 2.39. The maximum Gasteiger partial charge on any atom is 0.329 e. The largest absolute Gasteiger partial charge is 0.493 e. The number of carbonyl (C=O) groups excluding carboxylic acids is 2. The number of rotatable bonds is 6. The predicted octanol–water partition coefficient (Wildman–Crippen LogP) is 2.79. The van der Waals surface area contributed by atoms with E-state index in [1.54, 1.807) is 25.3 Å². The van der Waals surface area contributed by atoms with Gasteiger partial charge in [-0.1, -0.05) is 13.0 Å². The quantitative estimate of drug-likeness (QED) is 0.647. The molecule has 0 atom stereocenters. The van der Waals surface area contributed by atoms with Crippen LogP contribution < -0.4 is 14.8 Å². The van der Waals surface area contributed by atoms with Gasteiger partial charge >= 0.3 is 6.03 Å². The summed E-state index contributed by atoms with van der Waals surface area (Å²) in [5.74, 6) is 0.910. The van der Waals surface area contributed by atoms with E-state index in [4.69, 9.17) is 9.47 Å². The van der Waals surface area contributed by atoms with Crippen molar-refractivity contribution in [3.8, 4) is 11.5 Å². The van der Waals surface area contributed by atoms with Crippen molar-refractivity contribution in [1.29, 1.82) is 0 Å². The number of carbonyl (C=O) groups is 2. The summed E-state index contributed by atoms with van der Waals surface area (Å²) in [5, 5.41) is 2.60. The summed E-state index contributed by atoms with van der Waals surface area (Å²) in [6.45, 7) is 6.20. The van der Waals surface area contributed by atoms with Crippen molar-refractivity contribution in [2.45, 2.75) is 33.3 Å². The van der Waals surface area contributed by atoms with Gasteiger partial charge in [-0.15, -0.1) is 0 Å². The van der Waals surface area contributed by atoms with Crippen LogP contribution in [0.3, 0.4) is 0 Å². The molecule has 124 valence electrons. The van der Waals surface area contributed by atoms with E-state index in [0.717, 1.165) is 12.0 Å². The molecule has 1 aliphatic rings. The zero-order valence-electron chi connectivity index (χ0n) is 13.9. The number of benzene rings is 1. The first-order valence-electron chi connectivity index (χ1n) is 7.65. The summed E-state index contributed by atoms with van der Waals surface area (Å²) >= 11 is 0. The van der Waals surface area contributed by atoms with Gasteiger partial charge in [-0.2, -0.15) is 0 Å². The number of amides is 3. The van der Waals surface area contributed by atoms with E-state index in [1.165, 1.54) is 4.90 Å². The highest BCUT2D eigenvalue weighted by atomic mass is 16.5. The number of methoxy groups -OCH3 is 1. The maximum absolute atomic E-state index is 12.2. The van der Waals surface area contributed by atoms with Crippen molar-refractivity contribution in [3.63, 3.8) is 0 Å². The second kappa shape index (κ2) is 7.17. The van der Waals surface area contributed by atoms with Crippen molar-refractivity contribution in [2.24, 2.45) is 0 Å². The molecule has 0 bridgehead atoms. The van der Waals surface area contributed by atoms with E-state index < -0.39 is 0 Å². The minimum absolute atomic E-state index is 0.0337. The molecule has 0 unspecified atom stereocenters. The van der Waals surface area contributed by atoms with E-state index in [-0.39, 0.29) is 23.7 Å². The molecule has 0 radical (unpaired) electrons. The van der Waals surface area contributed by atoms with Gasteiger partial charge in [-0.3, -0.25) is 9.69 Å². The molecule has 6 nitrogen and oxygen atoms in total. The average molecular weight is 318 g/mol. The minimum Gasteiger partial charge on any atom is -0.493 e. The molecule has 0 aromatic heterocycles. The molecule has 1 heterocycles. The Morgan fingerprint density at radius 3 is 2.61 bits per heavy atom. The van der Waals surface area contributed by atoms with Gasteiger partial charge in [-0.25, -0.2) is 4.79 Å². The molecule has 6 heteroatoms. The van der Waals surface area contributed by atoms with Gasteiger partial charge in [-0.05, 0) is 44.0 Å². The first kappa shape index (κ1) is 16.9. The van der Waals surface area contributed by atoms with E-state index in [9.17, 15) is 9.59 Å². The third-order valence-corrected chi connectivity index (χ3v) is 3.27. The molecule has 1 aromatic rings. The lowest BCUT2D eigenvalue weighted by Crippen LogP contribution is -2.31. The van der Waals surface area contributed by atoms with Crippen LogP contribution in [-0.4, -0.2) is 36.6 Å². The monoisotopic (exact) mass is 318 g/mol. The zero-order chi connectivity index (χ0) is 17.0. The molecule has 0 saturated carbocycles. The highest BCUT2D eigenvalue weighted by Gasteiger charge is 2.32. The molecule has 1 saturated heterocycles. The Balaban J connectivity index is 2.26. The van der Waals surface area contributed by atoms with Gasteiger partial charge < -0.3 is 14.8 Å². The van der Waals surface area contributed by atoms with Gasteiger partial charge in [0.05, 0.1) is 13.2 Å². The number of nitrogens with one attached hydrogen (secondary N) is 1. The van der Waals surface area contributed by atoms with E-state index >= 15 is 0 Å². The van der Waals surface area contributed by atoms with Crippen molar-refractivity contribution >= 4 is 18.0 Å². The molecule has 0 spiro atoms. The lowest BCUT2D eigenvalue weighted by atomic mass is 10.1. The molecule has 1 aromatic carbocycles. The summed E-state index contributed by atoms with van der Waals surface area (Å²) in [5.41, 5.74) is 1.02. The minimum atomic E-state index is -0.380. The van der Waals surface area contributed by atoms with E-state index in [0.29, 0.717) is 18.0 Å². The fourth-order valence-electron chi connectivity index (χ4n) is 2.29. The predicted molar refractivity (Wildman–Crippen MR) is 87.3 cm³/mol. The highest BCUT2D eigenvalue weighted by Crippen LogP contribution is 2.30. The fourth-order valence-corrected chi connectivity index (χ4v) is 2.29. The second-order valence-electron chi connectivity index (χ2n) is 5.52. The second-order valence-corrected chi connectivity index (χ2v) is 5.52. The van der Waals surface area contributed by atoms with E-state index in [1.807, 2.05) is 26.8 Å². The Kier molecular flexibility index (Phi) is 5.26. The number of ether oxygens (including phenoxy) is 2. The normalized spacial score (nSPS) is 16.2. The summed E-state index contributed by atoms with van der Waals surface area (Å²) in [4.78, 5) is 25.2. The van der Waals surface area contributed by atoms with Crippen molar-refractivity contribution < 1.29 is 19.1 Å². The van der Waals surface area contributed by atoms with Crippen molar-refractivity contribution in [3.05, 3.63) is 29.5 Å². The lowest BCUT2D eigenvalue weighted by molar-refractivity contribution is -0.122. The third kappa shape index (κ3) is 3.83. The zero-order valence-corrected chi connectivity index (χ0v) is 13.9. The molecule has 23 heavy (non-hydrogen) atoms. The van der Waals surface area contributed by atoms with Gasteiger partial charge in [0.15, 0.2) is 11.5 Å². The SMILES string of the molecule is CCCN1C(=O)N/C(=C/c2ccc(OC(C)C)c(OC)c2)C1=O. The van der Waals surface area contributed by atoms with Crippen LogP contribution in [0, 0.1) is 0 Å². The third-order valence-electron chi connectivity index (χ3n) is 3.27. The molecular formula is C17H22N2O4. The molecule has 1 N–H and O–H groups in total. The Labute approximate surface area is 136 Å². The first-order chi connectivity index (χ1) is 11.0. The van der Waals surface area contributed by atoms with Crippen LogP contribution in [0.25, 0.3) is 6.08 Å². The average Bonchev–Trinajstić information content (AvgIpc) is 2.76. The van der Waals surface area contributed by atoms with Crippen molar-refractivity contribution in [2.75, 3.05) is 13.7 Å². The molecule has 0 aliphatic carbocycles. The lowest BCUT2D eigenvalue weighted by Gasteiger charge is -2.13. The van der Waals surface area contributed by atoms with Crippen LogP contribution in [0.4, 0.5) is 4.79 Å². The van der Waals surface area contributed by atoms with Crippen LogP contribution in [-0.2, 0) is 4.79 Å². The Bertz CT molecular complexity index is 637. The number of nitrogens with zero attached hydrogens (tertiary/aromatic N) is 1. The Morgan fingerprint density at radius 2 is 2.00 bits per heavy atom. The maximum atomic E-state index is 12.2. The van der Waals surface area contributed by atoms with Gasteiger partial charge in [0, 0.05) is 6.54 Å². The summed E-state index contributed by atoms with van der Waals surface area (Å²) < 4.78 is 11.0. The van der Waals surface area contributed by atoms with Crippen LogP contribution >= 0.6 is 0 Å². The molecule has 1 aliphatic heterocycles. The number of imide groups is 1. The first-order valence-corrected chi connectivity index (χ1v) is 7.65. The summed E-state index contributed by atoms with van der Waals surface area (Å²) in [6, 6.07) is 4.99. The van der Waals surface area contributed by atoms with Gasteiger partial charge in [0.2, 0.25) is 0 Å². The van der Waals surface area contributed by atoms with Crippen LogP contribution in [0.1, 0.15) is 32.8 Å². The fraction of sp³-hybridized carbons (Fsp3) is 0.412. The number of hydrogen-bond acceptors (Lipinski definition) is 4. The standard InChI is InChI=1S/C17H22N2O4/c1-5-8-19-16(20)13(18-17(19)21)9-12-6-7-14(23-11(2)3)15(10-12)22-4/h6-7,9-11H,5,8H2,1-4H3,(H,18,21)/b13-9+. The van der Waals surface area contributed by atoms with Gasteiger partial charge in [0.25, 0.3) is 5.91 Å².